The molecule has 0 N–H and O–H groups in total. The number of hydrogen-bond donors (Lipinski definition) is 0. The molecule has 1 aromatic heterocycles. The molecule has 0 spiro atoms. The van der Waals surface area contributed by atoms with Gasteiger partial charge in [0, 0.05) is 51.0 Å². The van der Waals surface area contributed by atoms with Crippen LogP contribution in [0.3, 0.4) is 0 Å². The van der Waals surface area contributed by atoms with Crippen LogP contribution in [0, 0.1) is 6.92 Å². The van der Waals surface area contributed by atoms with Crippen LogP contribution in [0.2, 0.25) is 0 Å². The molecule has 0 atom stereocenters. The zero-order chi connectivity index (χ0) is 20.2. The van der Waals surface area contributed by atoms with Gasteiger partial charge in [0.2, 0.25) is 5.91 Å². The van der Waals surface area contributed by atoms with Crippen LogP contribution in [0.5, 0.6) is 0 Å². The van der Waals surface area contributed by atoms with Crippen LogP contribution < -0.4 is 0 Å². The number of hydrogen-bond acceptors (Lipinski definition) is 5. The zero-order valence-electron chi connectivity index (χ0n) is 16.8. The fraction of sp³-hybridized carbons (Fsp3) is 0.476. The molecule has 154 valence electrons. The average Bonchev–Trinajstić information content (AvgIpc) is 3.21. The molecule has 1 aromatic carbocycles. The number of amides is 2. The minimum absolute atomic E-state index is 0.0346. The molecule has 2 aliphatic rings. The molecule has 2 aliphatic heterocycles. The van der Waals surface area contributed by atoms with E-state index in [0.717, 1.165) is 11.3 Å². The predicted octanol–water partition coefficient (Wildman–Crippen LogP) is 0.797. The summed E-state index contributed by atoms with van der Waals surface area (Å²) in [4.78, 5) is 31.1. The summed E-state index contributed by atoms with van der Waals surface area (Å²) in [6, 6.07) is 7.53. The molecule has 2 aromatic rings. The lowest BCUT2D eigenvalue weighted by Gasteiger charge is -2.36. The first-order valence-electron chi connectivity index (χ1n) is 10.1. The van der Waals surface area contributed by atoms with Crippen molar-refractivity contribution in [1.29, 1.82) is 0 Å². The van der Waals surface area contributed by atoms with Crippen LogP contribution >= 0.6 is 0 Å². The molecule has 2 fully saturated rings. The molecule has 8 nitrogen and oxygen atoms in total. The Morgan fingerprint density at radius 3 is 2.28 bits per heavy atom. The predicted molar refractivity (Wildman–Crippen MR) is 108 cm³/mol. The summed E-state index contributed by atoms with van der Waals surface area (Å²) in [6.45, 7) is 7.69. The second kappa shape index (κ2) is 8.75. The van der Waals surface area contributed by atoms with Gasteiger partial charge in [-0.1, -0.05) is 0 Å². The van der Waals surface area contributed by atoms with Gasteiger partial charge >= 0.3 is 0 Å². The Morgan fingerprint density at radius 1 is 0.966 bits per heavy atom. The topological polar surface area (TPSA) is 70.9 Å². The van der Waals surface area contributed by atoms with Gasteiger partial charge in [-0.15, -0.1) is 0 Å². The van der Waals surface area contributed by atoms with Crippen LogP contribution in [0.25, 0.3) is 5.69 Å². The quantitative estimate of drug-likeness (QED) is 0.763. The van der Waals surface area contributed by atoms with Crippen molar-refractivity contribution in [3.8, 4) is 5.69 Å². The number of nitrogens with zero attached hydrogens (tertiary/aromatic N) is 5. The summed E-state index contributed by atoms with van der Waals surface area (Å²) < 4.78 is 7.10. The first-order chi connectivity index (χ1) is 14.1. The molecular weight excluding hydrogens is 370 g/mol. The first kappa shape index (κ1) is 19.6. The fourth-order valence-corrected chi connectivity index (χ4v) is 3.71. The molecule has 2 saturated heterocycles. The lowest BCUT2D eigenvalue weighted by molar-refractivity contribution is -0.136. The highest BCUT2D eigenvalue weighted by Gasteiger charge is 2.25. The number of morpholine rings is 1. The van der Waals surface area contributed by atoms with Crippen LogP contribution in [-0.2, 0) is 9.53 Å². The van der Waals surface area contributed by atoms with Crippen molar-refractivity contribution in [2.24, 2.45) is 0 Å². The Balaban J connectivity index is 1.29. The molecule has 0 aliphatic carbocycles. The Labute approximate surface area is 170 Å². The van der Waals surface area contributed by atoms with E-state index in [0.29, 0.717) is 64.6 Å². The first-order valence-corrected chi connectivity index (χ1v) is 10.1. The molecule has 2 amide bonds. The van der Waals surface area contributed by atoms with Crippen LogP contribution in [0.4, 0.5) is 0 Å². The van der Waals surface area contributed by atoms with E-state index in [1.807, 2.05) is 53.4 Å². The van der Waals surface area contributed by atoms with Gasteiger partial charge in [-0.2, -0.15) is 5.10 Å². The van der Waals surface area contributed by atoms with Gasteiger partial charge in [-0.3, -0.25) is 14.5 Å². The van der Waals surface area contributed by atoms with Gasteiger partial charge in [-0.25, -0.2) is 4.68 Å². The number of aryl methyl sites for hydroxylation is 1. The molecule has 8 heteroatoms. The largest absolute Gasteiger partial charge is 0.378 e. The number of carbonyl (C=O) groups excluding carboxylic acids is 2. The van der Waals surface area contributed by atoms with Crippen molar-refractivity contribution in [2.75, 3.05) is 59.0 Å². The van der Waals surface area contributed by atoms with Crippen molar-refractivity contribution in [3.05, 3.63) is 47.8 Å². The van der Waals surface area contributed by atoms with Gasteiger partial charge in [-0.05, 0) is 36.8 Å². The molecule has 3 heterocycles. The third kappa shape index (κ3) is 4.65. The van der Waals surface area contributed by atoms with Gasteiger partial charge < -0.3 is 14.5 Å². The Kier molecular flexibility index (Phi) is 5.92. The van der Waals surface area contributed by atoms with E-state index in [2.05, 4.69) is 10.00 Å². The minimum Gasteiger partial charge on any atom is -0.378 e. The number of piperazine rings is 1. The SMILES string of the molecule is Cc1cnn(-c2ccc(C(=O)N3CCN(CC(=O)N4CCOCC4)CC3)cc2)c1. The van der Waals surface area contributed by atoms with Crippen molar-refractivity contribution in [1.82, 2.24) is 24.5 Å². The van der Waals surface area contributed by atoms with Crippen molar-refractivity contribution in [2.45, 2.75) is 6.92 Å². The lowest BCUT2D eigenvalue weighted by Crippen LogP contribution is -2.52. The Morgan fingerprint density at radius 2 is 1.66 bits per heavy atom. The summed E-state index contributed by atoms with van der Waals surface area (Å²) in [5.41, 5.74) is 2.70. The smallest absolute Gasteiger partial charge is 0.253 e. The zero-order valence-corrected chi connectivity index (χ0v) is 16.8. The van der Waals surface area contributed by atoms with E-state index in [9.17, 15) is 9.59 Å². The summed E-state index contributed by atoms with van der Waals surface area (Å²) >= 11 is 0. The van der Waals surface area contributed by atoms with Crippen molar-refractivity contribution < 1.29 is 14.3 Å². The Hall–Kier alpha value is -2.71. The average molecular weight is 397 g/mol. The van der Waals surface area contributed by atoms with Crippen LogP contribution in [-0.4, -0.2) is 95.3 Å². The Bertz CT molecular complexity index is 849. The normalized spacial score (nSPS) is 18.1. The fourth-order valence-electron chi connectivity index (χ4n) is 3.71. The molecule has 29 heavy (non-hydrogen) atoms. The number of rotatable bonds is 4. The molecule has 0 bridgehead atoms. The number of aromatic nitrogens is 2. The molecule has 0 saturated carbocycles. The number of ether oxygens (including phenoxy) is 1. The monoisotopic (exact) mass is 397 g/mol. The highest BCUT2D eigenvalue weighted by Crippen LogP contribution is 2.13. The van der Waals surface area contributed by atoms with Gasteiger partial charge in [0.05, 0.1) is 31.6 Å². The molecule has 0 unspecified atom stereocenters. The summed E-state index contributed by atoms with van der Waals surface area (Å²) in [7, 11) is 0. The maximum atomic E-state index is 12.8. The summed E-state index contributed by atoms with van der Waals surface area (Å²) in [5, 5.41) is 4.29. The van der Waals surface area contributed by atoms with Crippen molar-refractivity contribution in [3.63, 3.8) is 0 Å². The second-order valence-electron chi connectivity index (χ2n) is 7.57. The van der Waals surface area contributed by atoms with E-state index in [4.69, 9.17) is 4.74 Å². The summed E-state index contributed by atoms with van der Waals surface area (Å²) in [5.74, 6) is 0.185. The van der Waals surface area contributed by atoms with E-state index < -0.39 is 0 Å². The van der Waals surface area contributed by atoms with Gasteiger partial charge in [0.1, 0.15) is 0 Å². The third-order valence-corrected chi connectivity index (χ3v) is 5.47. The van der Waals surface area contributed by atoms with E-state index in [1.54, 1.807) is 4.68 Å². The highest BCUT2D eigenvalue weighted by molar-refractivity contribution is 5.94. The standard InChI is InChI=1S/C21H27N5O3/c1-17-14-22-26(15-17)19-4-2-18(3-5-19)21(28)25-8-6-23(7-9-25)16-20(27)24-10-12-29-13-11-24/h2-5,14-15H,6-13,16H2,1H3. The lowest BCUT2D eigenvalue weighted by atomic mass is 10.1. The number of carbonyl (C=O) groups is 2. The second-order valence-corrected chi connectivity index (χ2v) is 7.57. The van der Waals surface area contributed by atoms with Crippen LogP contribution in [0.15, 0.2) is 36.7 Å². The van der Waals surface area contributed by atoms with Crippen molar-refractivity contribution >= 4 is 11.8 Å². The molecule has 4 rings (SSSR count). The van der Waals surface area contributed by atoms with E-state index in [1.165, 1.54) is 0 Å². The molecular formula is C21H27N5O3. The van der Waals surface area contributed by atoms with Gasteiger partial charge in [0.25, 0.3) is 5.91 Å². The van der Waals surface area contributed by atoms with E-state index in [-0.39, 0.29) is 11.8 Å². The van der Waals surface area contributed by atoms with E-state index >= 15 is 0 Å². The number of benzene rings is 1. The maximum absolute atomic E-state index is 12.8. The highest BCUT2D eigenvalue weighted by atomic mass is 16.5. The minimum atomic E-state index is 0.0346. The summed E-state index contributed by atoms with van der Waals surface area (Å²) in [6.07, 6.45) is 3.76. The third-order valence-electron chi connectivity index (χ3n) is 5.47. The molecule has 0 radical (unpaired) electrons. The van der Waals surface area contributed by atoms with Crippen LogP contribution in [0.1, 0.15) is 15.9 Å². The maximum Gasteiger partial charge on any atom is 0.253 e. The van der Waals surface area contributed by atoms with Gasteiger partial charge in [0.15, 0.2) is 0 Å².